The Morgan fingerprint density at radius 1 is 0.938 bits per heavy atom. The average molecular weight is 456 g/mol. The van der Waals surface area contributed by atoms with Crippen molar-refractivity contribution in [2.24, 2.45) is 0 Å². The number of ether oxygens (including phenoxy) is 1. The van der Waals surface area contributed by atoms with E-state index in [0.717, 1.165) is 12.8 Å². The summed E-state index contributed by atoms with van der Waals surface area (Å²) >= 11 is 5.30. The minimum atomic E-state index is -0.333. The zero-order valence-corrected chi connectivity index (χ0v) is 20.0. The van der Waals surface area contributed by atoms with Crippen molar-refractivity contribution in [3.63, 3.8) is 0 Å². The van der Waals surface area contributed by atoms with Gasteiger partial charge in [-0.3, -0.25) is 14.9 Å². The lowest BCUT2D eigenvalue weighted by Gasteiger charge is -2.18. The van der Waals surface area contributed by atoms with Gasteiger partial charge in [-0.05, 0) is 68.9 Å². The van der Waals surface area contributed by atoms with Gasteiger partial charge >= 0.3 is 0 Å². The Kier molecular flexibility index (Phi) is 10.7. The minimum Gasteiger partial charge on any atom is -0.493 e. The zero-order valence-electron chi connectivity index (χ0n) is 19.1. The molecule has 0 aliphatic heterocycles. The molecule has 2 aromatic rings. The first-order valence-electron chi connectivity index (χ1n) is 11.2. The van der Waals surface area contributed by atoms with Crippen LogP contribution in [0.3, 0.4) is 0 Å². The van der Waals surface area contributed by atoms with Gasteiger partial charge in [-0.25, -0.2) is 0 Å². The molecule has 0 unspecified atom stereocenters. The minimum absolute atomic E-state index is 0.0104. The molecule has 6 nitrogen and oxygen atoms in total. The molecule has 2 amide bonds. The lowest BCUT2D eigenvalue weighted by atomic mass is 10.1. The summed E-state index contributed by atoms with van der Waals surface area (Å²) < 4.78 is 5.82. The first-order chi connectivity index (χ1) is 15.5. The van der Waals surface area contributed by atoms with Gasteiger partial charge in [-0.15, -0.1) is 0 Å². The number of hydrogen-bond donors (Lipinski definition) is 2. The van der Waals surface area contributed by atoms with Crippen LogP contribution < -0.4 is 15.4 Å². The van der Waals surface area contributed by atoms with Crippen molar-refractivity contribution in [2.45, 2.75) is 46.5 Å². The molecule has 0 aliphatic carbocycles. The van der Waals surface area contributed by atoms with Crippen LogP contribution in [-0.2, 0) is 0 Å². The standard InChI is InChI=1S/C25H33N3O3S/c1-4-7-8-11-18-31-22-13-10-9-12-21(22)23(29)27-25(32)26-20-16-14-19(15-17-20)24(30)28(5-2)6-3/h9-10,12-17H,4-8,11,18H2,1-3H3,(H2,26,27,29,32). The molecular formula is C25H33N3O3S. The molecule has 0 bridgehead atoms. The maximum atomic E-state index is 12.7. The van der Waals surface area contributed by atoms with E-state index in [2.05, 4.69) is 17.6 Å². The van der Waals surface area contributed by atoms with Gasteiger partial charge in [0, 0.05) is 24.3 Å². The monoisotopic (exact) mass is 455 g/mol. The van der Waals surface area contributed by atoms with Crippen LogP contribution in [0.2, 0.25) is 0 Å². The van der Waals surface area contributed by atoms with E-state index < -0.39 is 0 Å². The quantitative estimate of drug-likeness (QED) is 0.357. The summed E-state index contributed by atoms with van der Waals surface area (Å²) in [5, 5.41) is 5.86. The van der Waals surface area contributed by atoms with Crippen LogP contribution in [0.5, 0.6) is 5.75 Å². The SMILES string of the molecule is CCCCCCOc1ccccc1C(=O)NC(=S)Nc1ccc(C(=O)N(CC)CC)cc1. The smallest absolute Gasteiger partial charge is 0.261 e. The normalized spacial score (nSPS) is 10.3. The second kappa shape index (κ2) is 13.5. The summed E-state index contributed by atoms with van der Waals surface area (Å²) in [5.74, 6) is 0.201. The molecule has 0 saturated heterocycles. The number of para-hydroxylation sites is 1. The number of benzene rings is 2. The van der Waals surface area contributed by atoms with Crippen molar-refractivity contribution in [1.82, 2.24) is 10.2 Å². The van der Waals surface area contributed by atoms with Crippen molar-refractivity contribution < 1.29 is 14.3 Å². The summed E-state index contributed by atoms with van der Waals surface area (Å²) in [5.41, 5.74) is 1.73. The lowest BCUT2D eigenvalue weighted by molar-refractivity contribution is 0.0772. The molecular weight excluding hydrogens is 422 g/mol. The number of carbonyl (C=O) groups excluding carboxylic acids is 2. The van der Waals surface area contributed by atoms with E-state index in [1.807, 2.05) is 19.9 Å². The molecule has 32 heavy (non-hydrogen) atoms. The van der Waals surface area contributed by atoms with Crippen LogP contribution >= 0.6 is 12.2 Å². The highest BCUT2D eigenvalue weighted by Gasteiger charge is 2.15. The van der Waals surface area contributed by atoms with Crippen molar-refractivity contribution in [3.8, 4) is 5.75 Å². The largest absolute Gasteiger partial charge is 0.493 e. The highest BCUT2D eigenvalue weighted by Crippen LogP contribution is 2.19. The van der Waals surface area contributed by atoms with Crippen molar-refractivity contribution in [1.29, 1.82) is 0 Å². The van der Waals surface area contributed by atoms with Crippen molar-refractivity contribution >= 4 is 34.8 Å². The number of nitrogens with one attached hydrogen (secondary N) is 2. The van der Waals surface area contributed by atoms with Crippen molar-refractivity contribution in [2.75, 3.05) is 25.0 Å². The summed E-state index contributed by atoms with van der Waals surface area (Å²) in [6.45, 7) is 7.97. The Hall–Kier alpha value is -2.93. The van der Waals surface area contributed by atoms with Crippen LogP contribution in [-0.4, -0.2) is 41.5 Å². The van der Waals surface area contributed by atoms with Gasteiger partial charge in [-0.2, -0.15) is 0 Å². The van der Waals surface area contributed by atoms with E-state index in [4.69, 9.17) is 17.0 Å². The van der Waals surface area contributed by atoms with Crippen molar-refractivity contribution in [3.05, 3.63) is 59.7 Å². The molecule has 0 fully saturated rings. The van der Waals surface area contributed by atoms with Crippen LogP contribution in [0.25, 0.3) is 0 Å². The molecule has 0 atom stereocenters. The van der Waals surface area contributed by atoms with E-state index in [0.29, 0.717) is 42.3 Å². The fraction of sp³-hybridized carbons (Fsp3) is 0.400. The van der Waals surface area contributed by atoms with E-state index in [1.165, 1.54) is 12.8 Å². The summed E-state index contributed by atoms with van der Waals surface area (Å²) in [6.07, 6.45) is 4.41. The number of amides is 2. The van der Waals surface area contributed by atoms with Crippen LogP contribution in [0.1, 0.15) is 67.2 Å². The second-order valence-electron chi connectivity index (χ2n) is 7.37. The predicted octanol–water partition coefficient (Wildman–Crippen LogP) is 5.25. The van der Waals surface area contributed by atoms with Gasteiger partial charge < -0.3 is 15.0 Å². The zero-order chi connectivity index (χ0) is 23.3. The summed E-state index contributed by atoms with van der Waals surface area (Å²) in [6, 6.07) is 14.2. The molecule has 0 aromatic heterocycles. The first kappa shape index (κ1) is 25.3. The molecule has 2 aromatic carbocycles. The van der Waals surface area contributed by atoms with Crippen LogP contribution in [0.15, 0.2) is 48.5 Å². The maximum absolute atomic E-state index is 12.7. The molecule has 7 heteroatoms. The molecule has 172 valence electrons. The molecule has 2 N–H and O–H groups in total. The maximum Gasteiger partial charge on any atom is 0.261 e. The van der Waals surface area contributed by atoms with Gasteiger partial charge in [0.05, 0.1) is 12.2 Å². The van der Waals surface area contributed by atoms with E-state index >= 15 is 0 Å². The summed E-state index contributed by atoms with van der Waals surface area (Å²) in [4.78, 5) is 26.9. The van der Waals surface area contributed by atoms with Gasteiger partial charge in [-0.1, -0.05) is 38.3 Å². The first-order valence-corrected chi connectivity index (χ1v) is 11.6. The number of unbranched alkanes of at least 4 members (excludes halogenated alkanes) is 3. The summed E-state index contributed by atoms with van der Waals surface area (Å²) in [7, 11) is 0. The number of carbonyl (C=O) groups is 2. The second-order valence-corrected chi connectivity index (χ2v) is 7.78. The fourth-order valence-electron chi connectivity index (χ4n) is 3.21. The van der Waals surface area contributed by atoms with Crippen LogP contribution in [0, 0.1) is 0 Å². The predicted molar refractivity (Wildman–Crippen MR) is 133 cm³/mol. The van der Waals surface area contributed by atoms with Crippen LogP contribution in [0.4, 0.5) is 5.69 Å². The number of rotatable bonds is 11. The third-order valence-corrected chi connectivity index (χ3v) is 5.26. The third-order valence-electron chi connectivity index (χ3n) is 5.05. The van der Waals surface area contributed by atoms with Gasteiger partial charge in [0.25, 0.3) is 11.8 Å². The highest BCUT2D eigenvalue weighted by atomic mass is 32.1. The Labute approximate surface area is 196 Å². The molecule has 0 radical (unpaired) electrons. The van der Waals surface area contributed by atoms with Gasteiger partial charge in [0.1, 0.15) is 5.75 Å². The Morgan fingerprint density at radius 3 is 2.28 bits per heavy atom. The highest BCUT2D eigenvalue weighted by molar-refractivity contribution is 7.80. The number of anilines is 1. The van der Waals surface area contributed by atoms with E-state index in [-0.39, 0.29) is 16.9 Å². The Morgan fingerprint density at radius 2 is 1.62 bits per heavy atom. The fourth-order valence-corrected chi connectivity index (χ4v) is 3.42. The van der Waals surface area contributed by atoms with Gasteiger partial charge in [0.2, 0.25) is 0 Å². The molecule has 2 rings (SSSR count). The van der Waals surface area contributed by atoms with E-state index in [9.17, 15) is 9.59 Å². The Balaban J connectivity index is 1.93. The number of thiocarbonyl (C=S) groups is 1. The number of nitrogens with zero attached hydrogens (tertiary/aromatic N) is 1. The van der Waals surface area contributed by atoms with Gasteiger partial charge in [0.15, 0.2) is 5.11 Å². The number of hydrogen-bond acceptors (Lipinski definition) is 4. The topological polar surface area (TPSA) is 70.7 Å². The molecule has 0 saturated carbocycles. The third kappa shape index (κ3) is 7.64. The lowest BCUT2D eigenvalue weighted by Crippen LogP contribution is -2.34. The molecule has 0 heterocycles. The van der Waals surface area contributed by atoms with E-state index in [1.54, 1.807) is 47.4 Å². The molecule has 0 spiro atoms. The Bertz CT molecular complexity index is 896. The average Bonchev–Trinajstić information content (AvgIpc) is 2.80. The molecule has 0 aliphatic rings.